The first-order valence-electron chi connectivity index (χ1n) is 10.4. The van der Waals surface area contributed by atoms with Crippen molar-refractivity contribution in [1.29, 1.82) is 0 Å². The summed E-state index contributed by atoms with van der Waals surface area (Å²) in [5.41, 5.74) is 10.5. The molecular formula is C22H25N7O. The van der Waals surface area contributed by atoms with Crippen LogP contribution in [0.3, 0.4) is 0 Å². The van der Waals surface area contributed by atoms with Crippen LogP contribution in [-0.4, -0.2) is 49.0 Å². The molecule has 1 fully saturated rings. The van der Waals surface area contributed by atoms with Crippen molar-refractivity contribution in [3.63, 3.8) is 0 Å². The summed E-state index contributed by atoms with van der Waals surface area (Å²) in [6.45, 7) is 5.40. The predicted molar refractivity (Wildman–Crippen MR) is 117 cm³/mol. The van der Waals surface area contributed by atoms with Crippen LogP contribution in [0.1, 0.15) is 38.4 Å². The van der Waals surface area contributed by atoms with Gasteiger partial charge in [0.05, 0.1) is 16.7 Å². The molecule has 8 nitrogen and oxygen atoms in total. The van der Waals surface area contributed by atoms with Crippen LogP contribution in [0.15, 0.2) is 30.5 Å². The zero-order valence-corrected chi connectivity index (χ0v) is 17.1. The van der Waals surface area contributed by atoms with Crippen LogP contribution in [0.5, 0.6) is 0 Å². The van der Waals surface area contributed by atoms with Crippen molar-refractivity contribution in [2.75, 3.05) is 18.8 Å². The number of nitrogens with one attached hydrogen (secondary N) is 2. The number of carbonyl (C=O) groups is 1. The average Bonchev–Trinajstić information content (AvgIpc) is 3.43. The number of imidazole rings is 1. The number of H-pyrrole nitrogens is 2. The van der Waals surface area contributed by atoms with E-state index in [0.717, 1.165) is 52.9 Å². The van der Waals surface area contributed by atoms with Crippen LogP contribution in [0.25, 0.3) is 33.2 Å². The standard InChI is InChI=1S/C22H25N7O/c1-12(2)22(30)29-9-3-4-14(11-29)21-26-18-15-6-5-13(16-7-8-24-28-16)10-17(15)25-20(23)19(18)27-21/h5-8,10,12,14H,3-4,9,11H2,1-2H3,(H2,23,25)(H,24,28)(H,26,27)/t14-/m1/s1. The molecule has 1 saturated heterocycles. The fourth-order valence-corrected chi connectivity index (χ4v) is 4.33. The van der Waals surface area contributed by atoms with Gasteiger partial charge in [-0.3, -0.25) is 9.89 Å². The number of piperidine rings is 1. The Morgan fingerprint density at radius 3 is 2.90 bits per heavy atom. The second kappa shape index (κ2) is 7.12. The molecule has 1 aromatic carbocycles. The second-order valence-electron chi connectivity index (χ2n) is 8.31. The number of nitrogen functional groups attached to an aromatic ring is 1. The Bertz CT molecular complexity index is 1230. The summed E-state index contributed by atoms with van der Waals surface area (Å²) in [5, 5.41) is 8.05. The van der Waals surface area contributed by atoms with Crippen molar-refractivity contribution >= 4 is 33.7 Å². The van der Waals surface area contributed by atoms with Crippen molar-refractivity contribution < 1.29 is 4.79 Å². The molecule has 1 atom stereocenters. The molecule has 0 aliphatic carbocycles. The van der Waals surface area contributed by atoms with Crippen LogP contribution in [0.2, 0.25) is 0 Å². The molecule has 154 valence electrons. The normalized spacial score (nSPS) is 17.3. The van der Waals surface area contributed by atoms with E-state index < -0.39 is 0 Å². The maximum absolute atomic E-state index is 12.5. The van der Waals surface area contributed by atoms with Gasteiger partial charge in [-0.15, -0.1) is 0 Å². The molecule has 0 unspecified atom stereocenters. The summed E-state index contributed by atoms with van der Waals surface area (Å²) in [6.07, 6.45) is 3.77. The number of amides is 1. The number of aromatic amines is 2. The molecule has 30 heavy (non-hydrogen) atoms. The van der Waals surface area contributed by atoms with Gasteiger partial charge in [0.15, 0.2) is 5.82 Å². The van der Waals surface area contributed by atoms with Crippen molar-refractivity contribution in [3.8, 4) is 11.3 Å². The lowest BCUT2D eigenvalue weighted by Crippen LogP contribution is -2.41. The van der Waals surface area contributed by atoms with Crippen LogP contribution < -0.4 is 5.73 Å². The first-order valence-corrected chi connectivity index (χ1v) is 10.4. The quantitative estimate of drug-likeness (QED) is 0.484. The number of hydrogen-bond acceptors (Lipinski definition) is 5. The van der Waals surface area contributed by atoms with E-state index in [0.29, 0.717) is 17.9 Å². The molecule has 1 aliphatic rings. The number of likely N-dealkylation sites (tertiary alicyclic amines) is 1. The summed E-state index contributed by atoms with van der Waals surface area (Å²) < 4.78 is 0. The number of pyridine rings is 1. The van der Waals surface area contributed by atoms with E-state index >= 15 is 0 Å². The van der Waals surface area contributed by atoms with Gasteiger partial charge in [-0.2, -0.15) is 5.10 Å². The number of carbonyl (C=O) groups excluding carboxylic acids is 1. The van der Waals surface area contributed by atoms with Gasteiger partial charge in [-0.05, 0) is 31.0 Å². The molecule has 4 N–H and O–H groups in total. The van der Waals surface area contributed by atoms with Crippen molar-refractivity contribution in [2.24, 2.45) is 5.92 Å². The number of hydrogen-bond donors (Lipinski definition) is 3. The lowest BCUT2D eigenvalue weighted by Gasteiger charge is -2.33. The highest BCUT2D eigenvalue weighted by Crippen LogP contribution is 2.33. The van der Waals surface area contributed by atoms with Crippen LogP contribution >= 0.6 is 0 Å². The van der Waals surface area contributed by atoms with E-state index in [-0.39, 0.29) is 17.7 Å². The van der Waals surface area contributed by atoms with E-state index in [1.165, 1.54) is 0 Å². The van der Waals surface area contributed by atoms with Gasteiger partial charge in [-0.1, -0.05) is 19.9 Å². The monoisotopic (exact) mass is 403 g/mol. The highest BCUT2D eigenvalue weighted by atomic mass is 16.2. The predicted octanol–water partition coefficient (Wildman–Crippen LogP) is 3.45. The third-order valence-corrected chi connectivity index (χ3v) is 5.88. The fraction of sp³-hybridized carbons (Fsp3) is 0.364. The first-order chi connectivity index (χ1) is 14.5. The molecule has 0 saturated carbocycles. The fourth-order valence-electron chi connectivity index (χ4n) is 4.33. The third kappa shape index (κ3) is 3.08. The van der Waals surface area contributed by atoms with Crippen LogP contribution in [0, 0.1) is 5.92 Å². The molecule has 4 heterocycles. The highest BCUT2D eigenvalue weighted by molar-refractivity contribution is 6.07. The summed E-state index contributed by atoms with van der Waals surface area (Å²) in [5.74, 6) is 1.67. The summed E-state index contributed by atoms with van der Waals surface area (Å²) in [7, 11) is 0. The molecule has 0 radical (unpaired) electrons. The Morgan fingerprint density at radius 2 is 2.13 bits per heavy atom. The molecule has 0 spiro atoms. The number of benzene rings is 1. The number of rotatable bonds is 3. The first kappa shape index (κ1) is 18.6. The molecule has 3 aromatic heterocycles. The molecule has 1 aliphatic heterocycles. The molecule has 4 aromatic rings. The number of anilines is 1. The van der Waals surface area contributed by atoms with E-state index in [1.54, 1.807) is 6.20 Å². The van der Waals surface area contributed by atoms with Crippen LogP contribution in [-0.2, 0) is 4.79 Å². The van der Waals surface area contributed by atoms with Crippen LogP contribution in [0.4, 0.5) is 5.82 Å². The number of fused-ring (bicyclic) bond motifs is 3. The van der Waals surface area contributed by atoms with Gasteiger partial charge in [-0.25, -0.2) is 9.97 Å². The Balaban J connectivity index is 1.54. The van der Waals surface area contributed by atoms with Crippen molar-refractivity contribution in [2.45, 2.75) is 32.6 Å². The summed E-state index contributed by atoms with van der Waals surface area (Å²) in [4.78, 5) is 27.3. The SMILES string of the molecule is CC(C)C(=O)N1CCC[C@@H](c2nc3c(N)nc4cc(-c5cc[nH]n5)ccc4c3[nH]2)C1. The van der Waals surface area contributed by atoms with Gasteiger partial charge in [0.25, 0.3) is 0 Å². The van der Waals surface area contributed by atoms with Gasteiger partial charge in [0.1, 0.15) is 11.3 Å². The van der Waals surface area contributed by atoms with Crippen molar-refractivity contribution in [1.82, 2.24) is 30.0 Å². The maximum atomic E-state index is 12.5. The number of nitrogens with two attached hydrogens (primary N) is 1. The third-order valence-electron chi connectivity index (χ3n) is 5.88. The zero-order chi connectivity index (χ0) is 20.8. The Labute approximate surface area is 173 Å². The molecule has 8 heteroatoms. The highest BCUT2D eigenvalue weighted by Gasteiger charge is 2.28. The van der Waals surface area contributed by atoms with Crippen molar-refractivity contribution in [3.05, 3.63) is 36.3 Å². The summed E-state index contributed by atoms with van der Waals surface area (Å²) >= 11 is 0. The Morgan fingerprint density at radius 1 is 1.27 bits per heavy atom. The minimum absolute atomic E-state index is 0.00641. The summed E-state index contributed by atoms with van der Waals surface area (Å²) in [6, 6.07) is 7.97. The average molecular weight is 403 g/mol. The molecule has 1 amide bonds. The zero-order valence-electron chi connectivity index (χ0n) is 17.1. The van der Waals surface area contributed by atoms with Gasteiger partial charge < -0.3 is 15.6 Å². The Kier molecular flexibility index (Phi) is 4.42. The molecule has 5 rings (SSSR count). The molecular weight excluding hydrogens is 378 g/mol. The van der Waals surface area contributed by atoms with E-state index in [2.05, 4.69) is 20.2 Å². The van der Waals surface area contributed by atoms with E-state index in [9.17, 15) is 4.79 Å². The van der Waals surface area contributed by atoms with Gasteiger partial charge in [0.2, 0.25) is 5.91 Å². The lowest BCUT2D eigenvalue weighted by molar-refractivity contribution is -0.135. The minimum Gasteiger partial charge on any atom is -0.382 e. The maximum Gasteiger partial charge on any atom is 0.225 e. The largest absolute Gasteiger partial charge is 0.382 e. The topological polar surface area (TPSA) is 117 Å². The minimum atomic E-state index is 0.00641. The van der Waals surface area contributed by atoms with Gasteiger partial charge >= 0.3 is 0 Å². The second-order valence-corrected chi connectivity index (χ2v) is 8.31. The Hall–Kier alpha value is -3.42. The number of nitrogens with zero attached hydrogens (tertiary/aromatic N) is 4. The van der Waals surface area contributed by atoms with E-state index in [1.807, 2.05) is 43.0 Å². The lowest BCUT2D eigenvalue weighted by atomic mass is 9.96. The van der Waals surface area contributed by atoms with Gasteiger partial charge in [0, 0.05) is 42.1 Å². The van der Waals surface area contributed by atoms with E-state index in [4.69, 9.17) is 10.7 Å². The smallest absolute Gasteiger partial charge is 0.225 e. The molecule has 0 bridgehead atoms. The number of aromatic nitrogens is 5.